The van der Waals surface area contributed by atoms with Crippen LogP contribution >= 0.6 is 0 Å². The van der Waals surface area contributed by atoms with Crippen LogP contribution in [-0.4, -0.2) is 30.7 Å². The van der Waals surface area contributed by atoms with E-state index in [1.165, 1.54) is 25.7 Å². The van der Waals surface area contributed by atoms with Crippen LogP contribution in [0.2, 0.25) is 0 Å². The lowest BCUT2D eigenvalue weighted by Gasteiger charge is -2.33. The molecule has 0 amide bonds. The molecule has 0 fully saturated rings. The van der Waals surface area contributed by atoms with E-state index in [-0.39, 0.29) is 12.9 Å². The van der Waals surface area contributed by atoms with Crippen LogP contribution in [0.25, 0.3) is 0 Å². The number of methoxy groups -OCH3 is 1. The maximum Gasteiger partial charge on any atom is 0.146 e. The third-order valence-corrected chi connectivity index (χ3v) is 3.69. The molecule has 0 aliphatic carbocycles. The second-order valence-corrected chi connectivity index (χ2v) is 5.73. The molecular weight excluding hydrogens is 240 g/mol. The van der Waals surface area contributed by atoms with Gasteiger partial charge in [-0.1, -0.05) is 58.8 Å². The summed E-state index contributed by atoms with van der Waals surface area (Å²) in [5.74, 6) is 0. The quantitative estimate of drug-likeness (QED) is 0.402. The molecule has 0 bridgehead atoms. The zero-order valence-electron chi connectivity index (χ0n) is 13.4. The van der Waals surface area contributed by atoms with Crippen molar-refractivity contribution >= 4 is 0 Å². The Bertz CT molecular complexity index is 192. The molecule has 0 radical (unpaired) electrons. The number of rotatable bonds is 13. The molecule has 0 heterocycles. The van der Waals surface area contributed by atoms with Gasteiger partial charge in [0.2, 0.25) is 0 Å². The topological polar surface area (TPSA) is 38.7 Å². The molecule has 3 heteroatoms. The highest BCUT2D eigenvalue weighted by atomic mass is 16.7. The first kappa shape index (κ1) is 18.9. The van der Waals surface area contributed by atoms with Gasteiger partial charge < -0.3 is 14.6 Å². The predicted molar refractivity (Wildman–Crippen MR) is 80.3 cm³/mol. The van der Waals surface area contributed by atoms with E-state index in [0.29, 0.717) is 0 Å². The highest BCUT2D eigenvalue weighted by Gasteiger charge is 2.31. The highest BCUT2D eigenvalue weighted by molar-refractivity contribution is 4.82. The van der Waals surface area contributed by atoms with Crippen LogP contribution < -0.4 is 0 Å². The standard InChI is InChI=1S/C16H34O3/c1-5-7-9-10-11-12-15(19-14-18-4)16(3,17)13-8-6-2/h15,17H,5-14H2,1-4H3/t15-,16-/m1/s1. The number of aliphatic hydroxyl groups is 1. The monoisotopic (exact) mass is 274 g/mol. The Morgan fingerprint density at radius 2 is 1.63 bits per heavy atom. The molecule has 0 aromatic carbocycles. The Morgan fingerprint density at radius 1 is 1.00 bits per heavy atom. The largest absolute Gasteiger partial charge is 0.387 e. The summed E-state index contributed by atoms with van der Waals surface area (Å²) < 4.78 is 10.7. The van der Waals surface area contributed by atoms with Gasteiger partial charge in [-0.3, -0.25) is 0 Å². The van der Waals surface area contributed by atoms with Crippen molar-refractivity contribution in [3.63, 3.8) is 0 Å². The van der Waals surface area contributed by atoms with Crippen LogP contribution in [0.5, 0.6) is 0 Å². The van der Waals surface area contributed by atoms with Gasteiger partial charge in [-0.15, -0.1) is 0 Å². The van der Waals surface area contributed by atoms with Crippen molar-refractivity contribution in [3.8, 4) is 0 Å². The molecule has 0 aliphatic rings. The lowest BCUT2D eigenvalue weighted by atomic mass is 9.89. The fraction of sp³-hybridized carbons (Fsp3) is 1.00. The SMILES string of the molecule is CCCCCCC[C@@H](OCOC)[C@](C)(O)CCCC. The average Bonchev–Trinajstić information content (AvgIpc) is 2.39. The molecule has 116 valence electrons. The summed E-state index contributed by atoms with van der Waals surface area (Å²) in [7, 11) is 1.62. The van der Waals surface area contributed by atoms with Crippen LogP contribution in [0.15, 0.2) is 0 Å². The molecule has 0 unspecified atom stereocenters. The fourth-order valence-corrected chi connectivity index (χ4v) is 2.35. The molecule has 0 saturated heterocycles. The van der Waals surface area contributed by atoms with Gasteiger partial charge in [-0.05, 0) is 19.8 Å². The summed E-state index contributed by atoms with van der Waals surface area (Å²) in [5.41, 5.74) is -0.737. The fourth-order valence-electron chi connectivity index (χ4n) is 2.35. The first-order chi connectivity index (χ1) is 9.08. The third-order valence-electron chi connectivity index (χ3n) is 3.69. The average molecular weight is 274 g/mol. The minimum absolute atomic E-state index is 0.111. The second kappa shape index (κ2) is 11.7. The van der Waals surface area contributed by atoms with Crippen LogP contribution in [0, 0.1) is 0 Å². The van der Waals surface area contributed by atoms with Crippen molar-refractivity contribution in [3.05, 3.63) is 0 Å². The summed E-state index contributed by atoms with van der Waals surface area (Å²) in [4.78, 5) is 0. The smallest absolute Gasteiger partial charge is 0.146 e. The first-order valence-corrected chi connectivity index (χ1v) is 7.91. The predicted octanol–water partition coefficient (Wildman–Crippen LogP) is 4.28. The van der Waals surface area contributed by atoms with E-state index in [1.54, 1.807) is 7.11 Å². The Hall–Kier alpha value is -0.120. The summed E-state index contributed by atoms with van der Waals surface area (Å²) in [5, 5.41) is 10.6. The molecular formula is C16H34O3. The minimum atomic E-state index is -0.737. The van der Waals surface area contributed by atoms with E-state index in [1.807, 2.05) is 6.92 Å². The van der Waals surface area contributed by atoms with E-state index in [2.05, 4.69) is 13.8 Å². The maximum absolute atomic E-state index is 10.6. The van der Waals surface area contributed by atoms with Gasteiger partial charge in [0, 0.05) is 7.11 Å². The Morgan fingerprint density at radius 3 is 2.21 bits per heavy atom. The Kier molecular flexibility index (Phi) is 11.6. The van der Waals surface area contributed by atoms with Crippen molar-refractivity contribution in [2.75, 3.05) is 13.9 Å². The van der Waals surface area contributed by atoms with Crippen molar-refractivity contribution in [1.82, 2.24) is 0 Å². The molecule has 1 N–H and O–H groups in total. The van der Waals surface area contributed by atoms with E-state index < -0.39 is 5.60 Å². The van der Waals surface area contributed by atoms with E-state index >= 15 is 0 Å². The van der Waals surface area contributed by atoms with Crippen LogP contribution in [0.4, 0.5) is 0 Å². The number of unbranched alkanes of at least 4 members (excludes halogenated alkanes) is 5. The van der Waals surface area contributed by atoms with E-state index in [9.17, 15) is 5.11 Å². The third kappa shape index (κ3) is 9.42. The number of ether oxygens (including phenoxy) is 2. The normalized spacial score (nSPS) is 16.3. The van der Waals surface area contributed by atoms with Crippen molar-refractivity contribution in [2.24, 2.45) is 0 Å². The highest BCUT2D eigenvalue weighted by Crippen LogP contribution is 2.25. The number of hydrogen-bond acceptors (Lipinski definition) is 3. The van der Waals surface area contributed by atoms with Gasteiger partial charge in [0.1, 0.15) is 6.79 Å². The summed E-state index contributed by atoms with van der Waals surface area (Å²) in [6, 6.07) is 0. The molecule has 0 aromatic rings. The molecule has 3 nitrogen and oxygen atoms in total. The zero-order chi connectivity index (χ0) is 14.6. The molecule has 0 saturated carbocycles. The lowest BCUT2D eigenvalue weighted by molar-refractivity contribution is -0.154. The second-order valence-electron chi connectivity index (χ2n) is 5.73. The van der Waals surface area contributed by atoms with Gasteiger partial charge in [0.05, 0.1) is 11.7 Å². The zero-order valence-corrected chi connectivity index (χ0v) is 13.4. The van der Waals surface area contributed by atoms with E-state index in [0.717, 1.165) is 32.1 Å². The van der Waals surface area contributed by atoms with Crippen molar-refractivity contribution in [1.29, 1.82) is 0 Å². The maximum atomic E-state index is 10.6. The molecule has 0 rings (SSSR count). The van der Waals surface area contributed by atoms with Gasteiger partial charge in [-0.2, -0.15) is 0 Å². The molecule has 19 heavy (non-hydrogen) atoms. The number of hydrogen-bond donors (Lipinski definition) is 1. The van der Waals surface area contributed by atoms with Crippen LogP contribution in [-0.2, 0) is 9.47 Å². The van der Waals surface area contributed by atoms with Crippen molar-refractivity contribution < 1.29 is 14.6 Å². The summed E-state index contributed by atoms with van der Waals surface area (Å²) >= 11 is 0. The van der Waals surface area contributed by atoms with Gasteiger partial charge >= 0.3 is 0 Å². The molecule has 2 atom stereocenters. The Balaban J connectivity index is 4.12. The van der Waals surface area contributed by atoms with Crippen LogP contribution in [0.3, 0.4) is 0 Å². The van der Waals surface area contributed by atoms with Crippen LogP contribution in [0.1, 0.15) is 78.6 Å². The summed E-state index contributed by atoms with van der Waals surface area (Å²) in [6.45, 7) is 6.53. The molecule has 0 aromatic heterocycles. The molecule has 0 spiro atoms. The Labute approximate surface area is 119 Å². The molecule has 0 aliphatic heterocycles. The van der Waals surface area contributed by atoms with E-state index in [4.69, 9.17) is 9.47 Å². The van der Waals surface area contributed by atoms with Gasteiger partial charge in [-0.25, -0.2) is 0 Å². The lowest BCUT2D eigenvalue weighted by Crippen LogP contribution is -2.41. The first-order valence-electron chi connectivity index (χ1n) is 7.91. The summed E-state index contributed by atoms with van der Waals surface area (Å²) in [6.07, 6.45) is 9.94. The van der Waals surface area contributed by atoms with Crippen molar-refractivity contribution in [2.45, 2.75) is 90.3 Å². The minimum Gasteiger partial charge on any atom is -0.387 e. The van der Waals surface area contributed by atoms with Gasteiger partial charge in [0.25, 0.3) is 0 Å². The van der Waals surface area contributed by atoms with Gasteiger partial charge in [0.15, 0.2) is 0 Å².